The zero-order valence-corrected chi connectivity index (χ0v) is 15.8. The molecular formula is C23H24FNO3. The molecule has 0 bridgehead atoms. The molecule has 28 heavy (non-hydrogen) atoms. The van der Waals surface area contributed by atoms with Gasteiger partial charge in [-0.15, -0.1) is 0 Å². The third-order valence-electron chi connectivity index (χ3n) is 4.31. The smallest absolute Gasteiger partial charge is 0.197 e. The molecule has 0 heterocycles. The molecule has 3 aromatic carbocycles. The molecule has 2 N–H and O–H groups in total. The minimum Gasteiger partial charge on any atom is -0.485 e. The predicted molar refractivity (Wildman–Crippen MR) is 107 cm³/mol. The SMILES string of the molecule is CNC[C@@H](O)c1ccc(OCc2ccccc2)c(OCc2ccccc2)c1F. The Balaban J connectivity index is 1.85. The number of hydrogen-bond acceptors (Lipinski definition) is 4. The average Bonchev–Trinajstić information content (AvgIpc) is 2.73. The van der Waals surface area contributed by atoms with E-state index < -0.39 is 11.9 Å². The number of aliphatic hydroxyl groups is 1. The van der Waals surface area contributed by atoms with E-state index in [9.17, 15) is 5.11 Å². The zero-order chi connectivity index (χ0) is 19.8. The maximum absolute atomic E-state index is 15.1. The summed E-state index contributed by atoms with van der Waals surface area (Å²) in [6, 6.07) is 22.3. The van der Waals surface area contributed by atoms with Crippen LogP contribution < -0.4 is 14.8 Å². The van der Waals surface area contributed by atoms with Crippen LogP contribution >= 0.6 is 0 Å². The van der Waals surface area contributed by atoms with Crippen molar-refractivity contribution in [3.8, 4) is 11.5 Å². The molecule has 4 nitrogen and oxygen atoms in total. The van der Waals surface area contributed by atoms with Gasteiger partial charge < -0.3 is 19.9 Å². The van der Waals surface area contributed by atoms with Gasteiger partial charge in [0.25, 0.3) is 0 Å². The third kappa shape index (κ3) is 5.09. The van der Waals surface area contributed by atoms with Crippen molar-refractivity contribution in [3.05, 3.63) is 95.3 Å². The van der Waals surface area contributed by atoms with Crippen molar-refractivity contribution in [2.45, 2.75) is 19.3 Å². The van der Waals surface area contributed by atoms with E-state index in [1.807, 2.05) is 60.7 Å². The maximum Gasteiger partial charge on any atom is 0.197 e. The molecule has 0 radical (unpaired) electrons. The van der Waals surface area contributed by atoms with Gasteiger partial charge in [-0.05, 0) is 30.3 Å². The van der Waals surface area contributed by atoms with E-state index >= 15 is 4.39 Å². The molecule has 0 amide bonds. The van der Waals surface area contributed by atoms with Gasteiger partial charge in [0.2, 0.25) is 0 Å². The predicted octanol–water partition coefficient (Wildman–Crippen LogP) is 4.24. The van der Waals surface area contributed by atoms with Crippen molar-refractivity contribution < 1.29 is 19.0 Å². The summed E-state index contributed by atoms with van der Waals surface area (Å²) < 4.78 is 26.7. The van der Waals surface area contributed by atoms with Crippen molar-refractivity contribution in [1.29, 1.82) is 0 Å². The lowest BCUT2D eigenvalue weighted by Crippen LogP contribution is -2.18. The second-order valence-electron chi connectivity index (χ2n) is 6.42. The topological polar surface area (TPSA) is 50.7 Å². The Labute approximate surface area is 164 Å². The van der Waals surface area contributed by atoms with Gasteiger partial charge in [0.15, 0.2) is 17.3 Å². The molecule has 1 atom stereocenters. The quantitative estimate of drug-likeness (QED) is 0.582. The van der Waals surface area contributed by atoms with E-state index in [1.165, 1.54) is 6.07 Å². The number of halogens is 1. The molecule has 0 saturated heterocycles. The fourth-order valence-corrected chi connectivity index (χ4v) is 2.83. The molecule has 0 unspecified atom stereocenters. The summed E-state index contributed by atoms with van der Waals surface area (Å²) in [7, 11) is 1.70. The first-order valence-electron chi connectivity index (χ1n) is 9.17. The van der Waals surface area contributed by atoms with Gasteiger partial charge in [0.1, 0.15) is 13.2 Å². The van der Waals surface area contributed by atoms with Crippen LogP contribution in [-0.4, -0.2) is 18.7 Å². The summed E-state index contributed by atoms with van der Waals surface area (Å²) in [5, 5.41) is 13.1. The van der Waals surface area contributed by atoms with Crippen molar-refractivity contribution in [1.82, 2.24) is 5.32 Å². The molecule has 0 saturated carbocycles. The molecule has 0 spiro atoms. The normalized spacial score (nSPS) is 11.8. The largest absolute Gasteiger partial charge is 0.485 e. The summed E-state index contributed by atoms with van der Waals surface area (Å²) in [5.41, 5.74) is 2.05. The fraction of sp³-hybridized carbons (Fsp3) is 0.217. The number of nitrogens with one attached hydrogen (secondary N) is 1. The Morgan fingerprint density at radius 1 is 0.857 bits per heavy atom. The Morgan fingerprint density at radius 3 is 2.00 bits per heavy atom. The average molecular weight is 381 g/mol. The van der Waals surface area contributed by atoms with Crippen LogP contribution in [0.25, 0.3) is 0 Å². The Hall–Kier alpha value is -2.89. The molecule has 0 aliphatic rings. The number of ether oxygens (including phenoxy) is 2. The first-order valence-corrected chi connectivity index (χ1v) is 9.17. The van der Waals surface area contributed by atoms with Crippen molar-refractivity contribution in [3.63, 3.8) is 0 Å². The van der Waals surface area contributed by atoms with Gasteiger partial charge in [-0.2, -0.15) is 0 Å². The van der Waals surface area contributed by atoms with Crippen LogP contribution in [0.2, 0.25) is 0 Å². The number of aliphatic hydroxyl groups excluding tert-OH is 1. The van der Waals surface area contributed by atoms with Gasteiger partial charge >= 0.3 is 0 Å². The minimum absolute atomic E-state index is 0.00689. The van der Waals surface area contributed by atoms with Crippen molar-refractivity contribution in [2.75, 3.05) is 13.6 Å². The highest BCUT2D eigenvalue weighted by molar-refractivity contribution is 5.45. The van der Waals surface area contributed by atoms with E-state index in [4.69, 9.17) is 9.47 Å². The van der Waals surface area contributed by atoms with Crippen LogP contribution in [0.5, 0.6) is 11.5 Å². The van der Waals surface area contributed by atoms with Crippen molar-refractivity contribution >= 4 is 0 Å². The van der Waals surface area contributed by atoms with E-state index in [0.717, 1.165) is 11.1 Å². The molecule has 146 valence electrons. The molecule has 3 rings (SSSR count). The maximum atomic E-state index is 15.1. The second-order valence-corrected chi connectivity index (χ2v) is 6.42. The molecule has 0 aliphatic carbocycles. The Kier molecular flexibility index (Phi) is 7.00. The highest BCUT2D eigenvalue weighted by Gasteiger charge is 2.21. The molecule has 3 aromatic rings. The molecule has 5 heteroatoms. The number of hydrogen-bond donors (Lipinski definition) is 2. The minimum atomic E-state index is -0.979. The Morgan fingerprint density at radius 2 is 1.43 bits per heavy atom. The zero-order valence-electron chi connectivity index (χ0n) is 15.8. The van der Waals surface area contributed by atoms with Crippen LogP contribution in [0.15, 0.2) is 72.8 Å². The molecule has 0 fully saturated rings. The van der Waals surface area contributed by atoms with E-state index in [1.54, 1.807) is 13.1 Å². The first-order chi connectivity index (χ1) is 13.7. The van der Waals surface area contributed by atoms with Crippen LogP contribution in [0, 0.1) is 5.82 Å². The van der Waals surface area contributed by atoms with E-state index in [0.29, 0.717) is 12.4 Å². The summed E-state index contributed by atoms with van der Waals surface area (Å²) in [5.74, 6) is -0.297. The highest BCUT2D eigenvalue weighted by Crippen LogP contribution is 2.36. The fourth-order valence-electron chi connectivity index (χ4n) is 2.83. The summed E-state index contributed by atoms with van der Waals surface area (Å²) in [6.45, 7) is 0.727. The third-order valence-corrected chi connectivity index (χ3v) is 4.31. The first kappa shape index (κ1) is 19.9. The molecule has 0 aromatic heterocycles. The number of likely N-dealkylation sites (N-methyl/N-ethyl adjacent to an activating group) is 1. The number of benzene rings is 3. The monoisotopic (exact) mass is 381 g/mol. The summed E-state index contributed by atoms with van der Waals surface area (Å²) in [4.78, 5) is 0. The molecular weight excluding hydrogens is 357 g/mol. The van der Waals surface area contributed by atoms with Gasteiger partial charge in [0, 0.05) is 12.1 Å². The van der Waals surface area contributed by atoms with Crippen molar-refractivity contribution in [2.24, 2.45) is 0 Å². The van der Waals surface area contributed by atoms with Gasteiger partial charge in [-0.1, -0.05) is 60.7 Å². The lowest BCUT2D eigenvalue weighted by atomic mass is 10.1. The van der Waals surface area contributed by atoms with Crippen LogP contribution in [0.1, 0.15) is 22.8 Å². The lowest BCUT2D eigenvalue weighted by Gasteiger charge is -2.18. The van der Waals surface area contributed by atoms with Crippen LogP contribution in [0.3, 0.4) is 0 Å². The highest BCUT2D eigenvalue weighted by atomic mass is 19.1. The van der Waals surface area contributed by atoms with Gasteiger partial charge in [-0.25, -0.2) is 4.39 Å². The van der Waals surface area contributed by atoms with E-state index in [2.05, 4.69) is 5.32 Å². The molecule has 0 aliphatic heterocycles. The van der Waals surface area contributed by atoms with Crippen LogP contribution in [-0.2, 0) is 13.2 Å². The van der Waals surface area contributed by atoms with E-state index in [-0.39, 0.29) is 24.5 Å². The lowest BCUT2D eigenvalue weighted by molar-refractivity contribution is 0.169. The van der Waals surface area contributed by atoms with Gasteiger partial charge in [-0.3, -0.25) is 0 Å². The number of rotatable bonds is 9. The van der Waals surface area contributed by atoms with Gasteiger partial charge in [0.05, 0.1) is 6.10 Å². The summed E-state index contributed by atoms with van der Waals surface area (Å²) >= 11 is 0. The second kappa shape index (κ2) is 9.88. The standard InChI is InChI=1S/C23H24FNO3/c1-25-14-20(26)19-12-13-21(27-15-17-8-4-2-5-9-17)23(22(19)24)28-16-18-10-6-3-7-11-18/h2-13,20,25-26H,14-16H2,1H3/t20-/m1/s1. The Bertz CT molecular complexity index is 872. The summed E-state index contributed by atoms with van der Waals surface area (Å²) in [6.07, 6.45) is -0.979. The van der Waals surface area contributed by atoms with Crippen LogP contribution in [0.4, 0.5) is 4.39 Å².